The quantitative estimate of drug-likeness (QED) is 0.235. The molecule has 0 aromatic heterocycles. The van der Waals surface area contributed by atoms with Crippen LogP contribution >= 0.6 is 0 Å². The molecule has 0 amide bonds. The van der Waals surface area contributed by atoms with Gasteiger partial charge >= 0.3 is 0 Å². The smallest absolute Gasteiger partial charge is 0.00856 e. The van der Waals surface area contributed by atoms with Gasteiger partial charge in [-0.2, -0.15) is 16.6 Å². The predicted octanol–water partition coefficient (Wildman–Crippen LogP) is -2.56. The van der Waals surface area contributed by atoms with Crippen LogP contribution in [0.4, 0.5) is 0 Å². The Kier molecular flexibility index (Phi) is 8.08. The molecule has 0 bridgehead atoms. The van der Waals surface area contributed by atoms with Crippen LogP contribution < -0.4 is 33.0 Å². The van der Waals surface area contributed by atoms with Crippen molar-refractivity contribution in [1.82, 2.24) is 43.2 Å². The molecule has 6 N–H and O–H groups in total. The first kappa shape index (κ1) is 12.7. The molecule has 0 aliphatic carbocycles. The summed E-state index contributed by atoms with van der Waals surface area (Å²) in [4.78, 5) is 0. The number of nitrogens with one attached hydrogen (secondary N) is 6. The third-order valence-electron chi connectivity index (χ3n) is 0.960. The second-order valence-electron chi connectivity index (χ2n) is 2.46. The summed E-state index contributed by atoms with van der Waals surface area (Å²) < 4.78 is 0. The Morgan fingerprint density at radius 1 is 1.15 bits per heavy atom. The van der Waals surface area contributed by atoms with Gasteiger partial charge in [0.15, 0.2) is 0 Å². The molecule has 0 aliphatic rings. The van der Waals surface area contributed by atoms with Crippen LogP contribution in [0, 0.1) is 0 Å². The zero-order chi connectivity index (χ0) is 10.1. The molecule has 0 aliphatic heterocycles. The van der Waals surface area contributed by atoms with Gasteiger partial charge in [-0.15, -0.1) is 5.53 Å². The molecule has 8 heteroatoms. The van der Waals surface area contributed by atoms with Gasteiger partial charge in [0.05, 0.1) is 0 Å². The van der Waals surface area contributed by atoms with Crippen molar-refractivity contribution in [2.24, 2.45) is 0 Å². The average Bonchev–Trinajstić information content (AvgIpc) is 2.09. The van der Waals surface area contributed by atoms with Crippen LogP contribution in [0.1, 0.15) is 6.92 Å². The Hall–Kier alpha value is -0.320. The van der Waals surface area contributed by atoms with E-state index >= 15 is 0 Å². The summed E-state index contributed by atoms with van der Waals surface area (Å²) in [5.41, 5.74) is 16.9. The third kappa shape index (κ3) is 8.02. The van der Waals surface area contributed by atoms with Crippen molar-refractivity contribution in [3.8, 4) is 0 Å². The summed E-state index contributed by atoms with van der Waals surface area (Å²) >= 11 is 0. The minimum absolute atomic E-state index is 0.812. The van der Waals surface area contributed by atoms with E-state index in [1.54, 1.807) is 12.1 Å². The molecule has 0 spiro atoms. The number of hydrogen-bond donors (Lipinski definition) is 6. The van der Waals surface area contributed by atoms with Gasteiger partial charge in [-0.05, 0) is 7.05 Å². The Balaban J connectivity index is 3.60. The minimum atomic E-state index is 0.812. The molecule has 0 saturated carbocycles. The monoisotopic (exact) mass is 192 g/mol. The fraction of sp³-hybridized carbons (Fsp3) is 1.00. The van der Waals surface area contributed by atoms with Crippen LogP contribution in [0.25, 0.3) is 0 Å². The number of rotatable bonds is 8. The highest BCUT2D eigenvalue weighted by molar-refractivity contribution is 4.28. The van der Waals surface area contributed by atoms with Crippen molar-refractivity contribution in [3.05, 3.63) is 0 Å². The van der Waals surface area contributed by atoms with Crippen molar-refractivity contribution < 1.29 is 0 Å². The molecule has 0 atom stereocenters. The molecule has 0 heterocycles. The highest BCUT2D eigenvalue weighted by Crippen LogP contribution is 1.65. The Morgan fingerprint density at radius 3 is 2.31 bits per heavy atom. The number of hydrazine groups is 7. The maximum absolute atomic E-state index is 2.93. The van der Waals surface area contributed by atoms with Crippen molar-refractivity contribution >= 4 is 0 Å². The molecular weight excluding hydrogens is 172 g/mol. The van der Waals surface area contributed by atoms with Gasteiger partial charge in [0.2, 0.25) is 0 Å². The summed E-state index contributed by atoms with van der Waals surface area (Å²) in [5.74, 6) is 0. The van der Waals surface area contributed by atoms with Gasteiger partial charge in [-0.25, -0.2) is 15.9 Å². The van der Waals surface area contributed by atoms with Gasteiger partial charge in [0, 0.05) is 20.6 Å². The van der Waals surface area contributed by atoms with E-state index in [0.29, 0.717) is 0 Å². The zero-order valence-electron chi connectivity index (χ0n) is 8.60. The van der Waals surface area contributed by atoms with Gasteiger partial charge in [0.25, 0.3) is 0 Å². The Morgan fingerprint density at radius 2 is 1.85 bits per heavy atom. The van der Waals surface area contributed by atoms with E-state index in [9.17, 15) is 0 Å². The maximum atomic E-state index is 2.93. The van der Waals surface area contributed by atoms with E-state index in [1.807, 2.05) is 21.0 Å². The molecule has 0 rings (SSSR count). The molecule has 0 fully saturated rings. The summed E-state index contributed by atoms with van der Waals surface area (Å²) in [6.07, 6.45) is 0. The first-order valence-electron chi connectivity index (χ1n) is 4.10. The summed E-state index contributed by atoms with van der Waals surface area (Å²) in [5, 5.41) is 3.29. The first-order valence-corrected chi connectivity index (χ1v) is 4.10. The van der Waals surface area contributed by atoms with Gasteiger partial charge in [-0.1, -0.05) is 12.2 Å². The molecule has 13 heavy (non-hydrogen) atoms. The molecule has 0 unspecified atom stereocenters. The van der Waals surface area contributed by atoms with Crippen molar-refractivity contribution in [2.75, 3.05) is 27.7 Å². The van der Waals surface area contributed by atoms with Crippen molar-refractivity contribution in [3.63, 3.8) is 0 Å². The van der Waals surface area contributed by atoms with E-state index in [2.05, 4.69) is 33.0 Å². The molecule has 0 aromatic carbocycles. The van der Waals surface area contributed by atoms with Gasteiger partial charge in [-0.3, -0.25) is 0 Å². The zero-order valence-corrected chi connectivity index (χ0v) is 8.60. The van der Waals surface area contributed by atoms with Crippen LogP contribution in [0.5, 0.6) is 0 Å². The van der Waals surface area contributed by atoms with E-state index in [-0.39, 0.29) is 0 Å². The first-order chi connectivity index (χ1) is 6.20. The summed E-state index contributed by atoms with van der Waals surface area (Å²) in [7, 11) is 5.51. The van der Waals surface area contributed by atoms with Crippen molar-refractivity contribution in [2.45, 2.75) is 6.92 Å². The lowest BCUT2D eigenvalue weighted by atomic mass is 10.8. The largest absolute Gasteiger partial charge is 0.246 e. The lowest BCUT2D eigenvalue weighted by Gasteiger charge is -2.27. The third-order valence-corrected chi connectivity index (χ3v) is 0.960. The molecule has 0 saturated heterocycles. The number of hydrogen-bond acceptors (Lipinski definition) is 8. The SMILES string of the molecule is CCNNN(NNNC)NN(C)C. The van der Waals surface area contributed by atoms with Crippen LogP contribution in [0.15, 0.2) is 0 Å². The minimum Gasteiger partial charge on any atom is -0.246 e. The van der Waals surface area contributed by atoms with Gasteiger partial charge < -0.3 is 0 Å². The van der Waals surface area contributed by atoms with Crippen LogP contribution in [-0.4, -0.2) is 37.9 Å². The lowest BCUT2D eigenvalue weighted by molar-refractivity contribution is -0.0662. The fourth-order valence-corrected chi connectivity index (χ4v) is 0.548. The fourth-order valence-electron chi connectivity index (χ4n) is 0.548. The topological polar surface area (TPSA) is 78.7 Å². The second kappa shape index (κ2) is 8.29. The standard InChI is InChI=1S/C5H20N8/c1-5-7-9-13(10-8-6-2)11-12(3)4/h6-11H,5H2,1-4H3. The van der Waals surface area contributed by atoms with Crippen LogP contribution in [-0.2, 0) is 0 Å². The average molecular weight is 192 g/mol. The molecule has 8 nitrogen and oxygen atoms in total. The Labute approximate surface area is 78.8 Å². The highest BCUT2D eigenvalue weighted by atomic mass is 16.1. The van der Waals surface area contributed by atoms with Crippen molar-refractivity contribution in [1.29, 1.82) is 0 Å². The predicted molar refractivity (Wildman–Crippen MR) is 50.8 cm³/mol. The highest BCUT2D eigenvalue weighted by Gasteiger charge is 2.00. The van der Waals surface area contributed by atoms with E-state index in [4.69, 9.17) is 0 Å². The normalized spacial score (nSPS) is 11.5. The molecular formula is C5H20N8. The molecule has 80 valence electrons. The van der Waals surface area contributed by atoms with Gasteiger partial charge in [0.1, 0.15) is 0 Å². The number of nitrogens with zero attached hydrogens (tertiary/aromatic N) is 2. The van der Waals surface area contributed by atoms with E-state index in [0.717, 1.165) is 6.54 Å². The van der Waals surface area contributed by atoms with Crippen LogP contribution in [0.2, 0.25) is 0 Å². The lowest BCUT2D eigenvalue weighted by Crippen LogP contribution is -2.67. The summed E-state index contributed by atoms with van der Waals surface area (Å²) in [6.45, 7) is 2.80. The summed E-state index contributed by atoms with van der Waals surface area (Å²) in [6, 6.07) is 0. The molecule has 0 aromatic rings. The van der Waals surface area contributed by atoms with E-state index < -0.39 is 0 Å². The molecule has 0 radical (unpaired) electrons. The Bertz CT molecular complexity index is 98.7. The van der Waals surface area contributed by atoms with E-state index in [1.165, 1.54) is 5.23 Å². The second-order valence-corrected chi connectivity index (χ2v) is 2.46. The van der Waals surface area contributed by atoms with Crippen LogP contribution in [0.3, 0.4) is 0 Å². The maximum Gasteiger partial charge on any atom is 0.00856 e.